The van der Waals surface area contributed by atoms with Crippen LogP contribution in [0.25, 0.3) is 0 Å². The first kappa shape index (κ1) is 10.1. The van der Waals surface area contributed by atoms with Gasteiger partial charge in [-0.05, 0) is 49.3 Å². The van der Waals surface area contributed by atoms with Crippen molar-refractivity contribution in [2.24, 2.45) is 11.7 Å². The molecule has 1 saturated heterocycles. The highest BCUT2D eigenvalue weighted by Crippen LogP contribution is 2.46. The summed E-state index contributed by atoms with van der Waals surface area (Å²) < 4.78 is 0. The predicted molar refractivity (Wildman–Crippen MR) is 65.6 cm³/mol. The first-order valence-electron chi connectivity index (χ1n) is 6.29. The fraction of sp³-hybridized carbons (Fsp3) is 0.615. The van der Waals surface area contributed by atoms with Gasteiger partial charge in [0.25, 0.3) is 0 Å². The normalized spacial score (nSPS) is 28.4. The van der Waals surface area contributed by atoms with E-state index in [9.17, 15) is 0 Å². The van der Waals surface area contributed by atoms with Crippen LogP contribution in [0.1, 0.15) is 30.7 Å². The van der Waals surface area contributed by atoms with Crippen molar-refractivity contribution in [3.63, 3.8) is 0 Å². The van der Waals surface area contributed by atoms with Crippen LogP contribution < -0.4 is 10.6 Å². The van der Waals surface area contributed by atoms with E-state index in [1.54, 1.807) is 0 Å². The molecule has 1 aromatic rings. The average Bonchev–Trinajstić information content (AvgIpc) is 2.93. The Morgan fingerprint density at radius 2 is 2.12 bits per heavy atom. The van der Waals surface area contributed by atoms with E-state index in [0.717, 1.165) is 12.4 Å². The SMILES string of the molecule is NC[C@@H]1C[C@H]1c1ccc(N2CCCC2)nc1. The lowest BCUT2D eigenvalue weighted by Crippen LogP contribution is -2.18. The summed E-state index contributed by atoms with van der Waals surface area (Å²) in [4.78, 5) is 6.95. The summed E-state index contributed by atoms with van der Waals surface area (Å²) >= 11 is 0. The first-order valence-corrected chi connectivity index (χ1v) is 6.29. The van der Waals surface area contributed by atoms with Gasteiger partial charge >= 0.3 is 0 Å². The van der Waals surface area contributed by atoms with Crippen molar-refractivity contribution in [3.05, 3.63) is 23.9 Å². The molecule has 3 nitrogen and oxygen atoms in total. The fourth-order valence-electron chi connectivity index (χ4n) is 2.67. The minimum absolute atomic E-state index is 0.685. The Bertz CT molecular complexity index is 354. The molecule has 3 heteroatoms. The van der Waals surface area contributed by atoms with E-state index in [1.807, 2.05) is 6.20 Å². The molecule has 1 aliphatic carbocycles. The molecule has 16 heavy (non-hydrogen) atoms. The molecule has 2 N–H and O–H groups in total. The molecule has 1 saturated carbocycles. The summed E-state index contributed by atoms with van der Waals surface area (Å²) in [6.07, 6.45) is 5.91. The summed E-state index contributed by atoms with van der Waals surface area (Å²) in [6, 6.07) is 4.41. The molecular weight excluding hydrogens is 198 g/mol. The van der Waals surface area contributed by atoms with Crippen LogP contribution in [0.5, 0.6) is 0 Å². The molecule has 0 unspecified atom stereocenters. The second kappa shape index (κ2) is 4.06. The zero-order valence-electron chi connectivity index (χ0n) is 9.60. The maximum Gasteiger partial charge on any atom is 0.128 e. The molecule has 0 radical (unpaired) electrons. The molecule has 2 atom stereocenters. The Balaban J connectivity index is 1.70. The molecule has 0 amide bonds. The number of pyridine rings is 1. The number of aromatic nitrogens is 1. The highest BCUT2D eigenvalue weighted by molar-refractivity contribution is 5.41. The van der Waals surface area contributed by atoms with Gasteiger partial charge in [0.2, 0.25) is 0 Å². The van der Waals surface area contributed by atoms with Gasteiger partial charge in [-0.3, -0.25) is 0 Å². The third kappa shape index (κ3) is 1.80. The summed E-state index contributed by atoms with van der Waals surface area (Å²) in [5, 5.41) is 0. The maximum absolute atomic E-state index is 5.66. The minimum atomic E-state index is 0.685. The average molecular weight is 217 g/mol. The third-order valence-electron chi connectivity index (χ3n) is 3.85. The van der Waals surface area contributed by atoms with E-state index in [4.69, 9.17) is 5.73 Å². The Morgan fingerprint density at radius 1 is 1.31 bits per heavy atom. The van der Waals surface area contributed by atoms with Crippen LogP contribution >= 0.6 is 0 Å². The van der Waals surface area contributed by atoms with E-state index in [1.165, 1.54) is 37.9 Å². The molecule has 2 fully saturated rings. The smallest absolute Gasteiger partial charge is 0.128 e. The predicted octanol–water partition coefficient (Wildman–Crippen LogP) is 1.74. The molecule has 2 heterocycles. The van der Waals surface area contributed by atoms with Gasteiger partial charge in [0.1, 0.15) is 5.82 Å². The van der Waals surface area contributed by atoms with Crippen LogP contribution in [-0.2, 0) is 0 Å². The van der Waals surface area contributed by atoms with Crippen molar-refractivity contribution in [2.75, 3.05) is 24.5 Å². The second-order valence-corrected chi connectivity index (χ2v) is 4.98. The molecule has 0 bridgehead atoms. The third-order valence-corrected chi connectivity index (χ3v) is 3.85. The Kier molecular flexibility index (Phi) is 2.56. The highest BCUT2D eigenvalue weighted by Gasteiger charge is 2.37. The zero-order chi connectivity index (χ0) is 11.0. The van der Waals surface area contributed by atoms with Crippen molar-refractivity contribution in [1.29, 1.82) is 0 Å². The number of nitrogens with two attached hydrogens (primary N) is 1. The summed E-state index contributed by atoms with van der Waals surface area (Å²) in [5.74, 6) is 2.54. The van der Waals surface area contributed by atoms with Gasteiger partial charge in [0.15, 0.2) is 0 Å². The maximum atomic E-state index is 5.66. The lowest BCUT2D eigenvalue weighted by Gasteiger charge is -2.16. The monoisotopic (exact) mass is 217 g/mol. The fourth-order valence-corrected chi connectivity index (χ4v) is 2.67. The molecule has 86 valence electrons. The van der Waals surface area contributed by atoms with Crippen molar-refractivity contribution in [1.82, 2.24) is 4.98 Å². The molecule has 1 aliphatic heterocycles. The number of anilines is 1. The largest absolute Gasteiger partial charge is 0.357 e. The van der Waals surface area contributed by atoms with Crippen molar-refractivity contribution < 1.29 is 0 Å². The lowest BCUT2D eigenvalue weighted by molar-refractivity contribution is 0.807. The van der Waals surface area contributed by atoms with E-state index in [2.05, 4.69) is 22.0 Å². The van der Waals surface area contributed by atoms with Crippen LogP contribution in [0.3, 0.4) is 0 Å². The van der Waals surface area contributed by atoms with Gasteiger partial charge in [-0.25, -0.2) is 4.98 Å². The van der Waals surface area contributed by atoms with Crippen molar-refractivity contribution in [3.8, 4) is 0 Å². The first-order chi connectivity index (χ1) is 7.88. The standard InChI is InChI=1S/C13H19N3/c14-8-11-7-12(11)10-3-4-13(15-9-10)16-5-1-2-6-16/h3-4,9,11-12H,1-2,5-8,14H2/t11-,12-/m0/s1. The van der Waals surface area contributed by atoms with Crippen LogP contribution in [0.15, 0.2) is 18.3 Å². The minimum Gasteiger partial charge on any atom is -0.357 e. The highest BCUT2D eigenvalue weighted by atomic mass is 15.2. The molecule has 1 aromatic heterocycles. The second-order valence-electron chi connectivity index (χ2n) is 4.98. The number of hydrogen-bond donors (Lipinski definition) is 1. The molecular formula is C13H19N3. The Labute approximate surface area is 96.7 Å². The zero-order valence-corrected chi connectivity index (χ0v) is 9.60. The van der Waals surface area contributed by atoms with Gasteiger partial charge < -0.3 is 10.6 Å². The molecule has 3 rings (SSSR count). The van der Waals surface area contributed by atoms with E-state index in [0.29, 0.717) is 11.8 Å². The van der Waals surface area contributed by atoms with Gasteiger partial charge in [0.05, 0.1) is 0 Å². The van der Waals surface area contributed by atoms with Gasteiger partial charge in [-0.15, -0.1) is 0 Å². The van der Waals surface area contributed by atoms with Gasteiger partial charge in [0, 0.05) is 19.3 Å². The quantitative estimate of drug-likeness (QED) is 0.838. The topological polar surface area (TPSA) is 42.1 Å². The Hall–Kier alpha value is -1.09. The van der Waals surface area contributed by atoms with E-state index < -0.39 is 0 Å². The van der Waals surface area contributed by atoms with Crippen LogP contribution in [-0.4, -0.2) is 24.6 Å². The number of rotatable bonds is 3. The number of hydrogen-bond acceptors (Lipinski definition) is 3. The van der Waals surface area contributed by atoms with Crippen LogP contribution in [0, 0.1) is 5.92 Å². The molecule has 0 aromatic carbocycles. The van der Waals surface area contributed by atoms with Crippen LogP contribution in [0.2, 0.25) is 0 Å². The van der Waals surface area contributed by atoms with Crippen molar-refractivity contribution in [2.45, 2.75) is 25.2 Å². The lowest BCUT2D eigenvalue weighted by atomic mass is 10.1. The molecule has 0 spiro atoms. The Morgan fingerprint density at radius 3 is 2.69 bits per heavy atom. The summed E-state index contributed by atoms with van der Waals surface area (Å²) in [5.41, 5.74) is 7.04. The molecule has 2 aliphatic rings. The van der Waals surface area contributed by atoms with Crippen molar-refractivity contribution >= 4 is 5.82 Å². The van der Waals surface area contributed by atoms with Gasteiger partial charge in [-0.2, -0.15) is 0 Å². The number of nitrogens with zero attached hydrogens (tertiary/aromatic N) is 2. The van der Waals surface area contributed by atoms with Crippen LogP contribution in [0.4, 0.5) is 5.82 Å². The van der Waals surface area contributed by atoms with Gasteiger partial charge in [-0.1, -0.05) is 6.07 Å². The van der Waals surface area contributed by atoms with E-state index >= 15 is 0 Å². The van der Waals surface area contributed by atoms with E-state index in [-0.39, 0.29) is 0 Å². The summed E-state index contributed by atoms with van der Waals surface area (Å²) in [7, 11) is 0. The summed E-state index contributed by atoms with van der Waals surface area (Å²) in [6.45, 7) is 3.15.